The highest BCUT2D eigenvalue weighted by atomic mass is 32.2. The van der Waals surface area contributed by atoms with Crippen LogP contribution in [0.4, 0.5) is 5.69 Å². The number of hydrogen-bond donors (Lipinski definition) is 0. The molecule has 5 heteroatoms. The van der Waals surface area contributed by atoms with Crippen LogP contribution in [0.1, 0.15) is 27.9 Å². The fourth-order valence-corrected chi connectivity index (χ4v) is 5.32. The van der Waals surface area contributed by atoms with Gasteiger partial charge in [0.25, 0.3) is 5.91 Å². The Morgan fingerprint density at radius 2 is 1.68 bits per heavy atom. The molecule has 0 unspecified atom stereocenters. The second kappa shape index (κ2) is 8.99. The van der Waals surface area contributed by atoms with Gasteiger partial charge in [0.15, 0.2) is 5.17 Å². The first kappa shape index (κ1) is 22.2. The van der Waals surface area contributed by atoms with Gasteiger partial charge in [-0.15, -0.1) is 0 Å². The van der Waals surface area contributed by atoms with Gasteiger partial charge >= 0.3 is 0 Å². The Balaban J connectivity index is 1.54. The van der Waals surface area contributed by atoms with Crippen LogP contribution in [0.25, 0.3) is 17.0 Å². The first-order valence-electron chi connectivity index (χ1n) is 11.4. The summed E-state index contributed by atoms with van der Waals surface area (Å²) >= 11 is 1.43. The van der Waals surface area contributed by atoms with E-state index in [9.17, 15) is 4.79 Å². The molecule has 1 aliphatic rings. The van der Waals surface area contributed by atoms with Crippen molar-refractivity contribution in [2.24, 2.45) is 4.99 Å². The Morgan fingerprint density at radius 3 is 2.44 bits per heavy atom. The molecule has 1 aliphatic heterocycles. The number of likely N-dealkylation sites (N-methyl/N-ethyl adjacent to an activating group) is 1. The number of thioether (sulfide) groups is 1. The first-order chi connectivity index (χ1) is 16.4. The van der Waals surface area contributed by atoms with Crippen LogP contribution in [-0.4, -0.2) is 27.6 Å². The monoisotopic (exact) mass is 465 g/mol. The summed E-state index contributed by atoms with van der Waals surface area (Å²) in [5.74, 6) is -0.0224. The number of hydrogen-bond acceptors (Lipinski definition) is 3. The number of aliphatic imine (C=N–C) groups is 1. The number of amidine groups is 1. The van der Waals surface area contributed by atoms with E-state index >= 15 is 0 Å². The summed E-state index contributed by atoms with van der Waals surface area (Å²) in [7, 11) is 1.79. The van der Waals surface area contributed by atoms with Gasteiger partial charge in [0.1, 0.15) is 0 Å². The van der Waals surface area contributed by atoms with Crippen molar-refractivity contribution in [3.05, 3.63) is 106 Å². The van der Waals surface area contributed by atoms with Gasteiger partial charge in [0.05, 0.1) is 10.6 Å². The minimum absolute atomic E-state index is 0.0224. The highest BCUT2D eigenvalue weighted by molar-refractivity contribution is 8.18. The van der Waals surface area contributed by atoms with Crippen molar-refractivity contribution in [2.75, 3.05) is 7.05 Å². The number of benzene rings is 3. The largest absolute Gasteiger partial charge is 0.340 e. The number of fused-ring (bicyclic) bond motifs is 1. The topological polar surface area (TPSA) is 37.6 Å². The van der Waals surface area contributed by atoms with E-state index in [-0.39, 0.29) is 5.91 Å². The van der Waals surface area contributed by atoms with E-state index in [2.05, 4.69) is 73.9 Å². The van der Waals surface area contributed by atoms with Gasteiger partial charge < -0.3 is 4.57 Å². The number of amides is 1. The number of carbonyl (C=O) groups is 1. The van der Waals surface area contributed by atoms with E-state index in [0.29, 0.717) is 10.1 Å². The maximum absolute atomic E-state index is 13.1. The van der Waals surface area contributed by atoms with Gasteiger partial charge in [-0.3, -0.25) is 9.69 Å². The second-order valence-corrected chi connectivity index (χ2v) is 9.81. The van der Waals surface area contributed by atoms with Gasteiger partial charge in [-0.2, -0.15) is 0 Å². The van der Waals surface area contributed by atoms with Crippen LogP contribution in [-0.2, 0) is 11.3 Å². The molecule has 0 aliphatic carbocycles. The SMILES string of the molecule is Cc1ccc(N=C2S/C(=C/c3c(C)n(Cc4cccc(C)c4)c4ccccc34)C(=O)N2C)cc1. The quantitative estimate of drug-likeness (QED) is 0.309. The van der Waals surface area contributed by atoms with Crippen LogP contribution >= 0.6 is 11.8 Å². The maximum atomic E-state index is 13.1. The summed E-state index contributed by atoms with van der Waals surface area (Å²) in [4.78, 5) is 20.1. The lowest BCUT2D eigenvalue weighted by molar-refractivity contribution is -0.121. The minimum atomic E-state index is -0.0224. The number of carbonyl (C=O) groups excluding carboxylic acids is 1. The zero-order valence-corrected chi connectivity index (χ0v) is 20.7. The van der Waals surface area contributed by atoms with E-state index in [1.807, 2.05) is 30.3 Å². The summed E-state index contributed by atoms with van der Waals surface area (Å²) in [5.41, 5.74) is 7.96. The maximum Gasteiger partial charge on any atom is 0.266 e. The molecule has 2 heterocycles. The van der Waals surface area contributed by atoms with Crippen LogP contribution in [0.5, 0.6) is 0 Å². The van der Waals surface area contributed by atoms with Crippen LogP contribution < -0.4 is 0 Å². The average Bonchev–Trinajstić information content (AvgIpc) is 3.24. The first-order valence-corrected chi connectivity index (χ1v) is 12.2. The molecule has 0 atom stereocenters. The summed E-state index contributed by atoms with van der Waals surface area (Å²) in [6, 6.07) is 25.1. The van der Waals surface area contributed by atoms with E-state index in [1.54, 1.807) is 11.9 Å². The van der Waals surface area contributed by atoms with Gasteiger partial charge in [-0.25, -0.2) is 4.99 Å². The minimum Gasteiger partial charge on any atom is -0.340 e. The predicted molar refractivity (Wildman–Crippen MR) is 144 cm³/mol. The van der Waals surface area contributed by atoms with E-state index < -0.39 is 0 Å². The molecular formula is C29H27N3OS. The number of aryl methyl sites for hydroxylation is 2. The van der Waals surface area contributed by atoms with Gasteiger partial charge in [0, 0.05) is 35.8 Å². The predicted octanol–water partition coefficient (Wildman–Crippen LogP) is 6.85. The molecule has 1 fully saturated rings. The fraction of sp³-hybridized carbons (Fsp3) is 0.172. The fourth-order valence-electron chi connectivity index (χ4n) is 4.35. The number of nitrogens with zero attached hydrogens (tertiary/aromatic N) is 3. The molecule has 170 valence electrons. The normalized spacial score (nSPS) is 16.4. The number of rotatable bonds is 4. The Morgan fingerprint density at radius 1 is 0.912 bits per heavy atom. The zero-order chi connectivity index (χ0) is 23.8. The Kier molecular flexibility index (Phi) is 5.88. The molecule has 5 rings (SSSR count). The Hall–Kier alpha value is -3.57. The molecule has 0 spiro atoms. The van der Waals surface area contributed by atoms with Crippen LogP contribution in [0.15, 0.2) is 82.7 Å². The molecule has 0 N–H and O–H groups in total. The highest BCUT2D eigenvalue weighted by Crippen LogP contribution is 2.36. The summed E-state index contributed by atoms with van der Waals surface area (Å²) in [5, 5.41) is 1.85. The Bertz CT molecular complexity index is 1460. The van der Waals surface area contributed by atoms with E-state index in [0.717, 1.165) is 28.9 Å². The van der Waals surface area contributed by atoms with Crippen molar-refractivity contribution in [2.45, 2.75) is 27.3 Å². The third-order valence-corrected chi connectivity index (χ3v) is 7.30. The highest BCUT2D eigenvalue weighted by Gasteiger charge is 2.31. The van der Waals surface area contributed by atoms with Crippen molar-refractivity contribution in [1.82, 2.24) is 9.47 Å². The molecule has 0 bridgehead atoms. The molecule has 1 aromatic heterocycles. The number of aromatic nitrogens is 1. The van der Waals surface area contributed by atoms with Crippen LogP contribution in [0, 0.1) is 20.8 Å². The lowest BCUT2D eigenvalue weighted by Crippen LogP contribution is -2.23. The lowest BCUT2D eigenvalue weighted by Gasteiger charge is -2.09. The van der Waals surface area contributed by atoms with Crippen molar-refractivity contribution >= 4 is 45.5 Å². The van der Waals surface area contributed by atoms with Gasteiger partial charge in [0.2, 0.25) is 0 Å². The van der Waals surface area contributed by atoms with Crippen molar-refractivity contribution < 1.29 is 4.79 Å². The van der Waals surface area contributed by atoms with E-state index in [1.165, 1.54) is 34.0 Å². The molecule has 0 saturated carbocycles. The van der Waals surface area contributed by atoms with Gasteiger partial charge in [-0.1, -0.05) is 65.7 Å². The third-order valence-electron chi connectivity index (χ3n) is 6.24. The summed E-state index contributed by atoms with van der Waals surface area (Å²) in [6.45, 7) is 7.10. The van der Waals surface area contributed by atoms with Crippen LogP contribution in [0.3, 0.4) is 0 Å². The second-order valence-electron chi connectivity index (χ2n) is 8.80. The van der Waals surface area contributed by atoms with Crippen molar-refractivity contribution in [1.29, 1.82) is 0 Å². The Labute approximate surface area is 204 Å². The smallest absolute Gasteiger partial charge is 0.266 e. The number of para-hydroxylation sites is 1. The molecule has 3 aromatic carbocycles. The van der Waals surface area contributed by atoms with Gasteiger partial charge in [-0.05, 0) is 62.4 Å². The molecule has 0 radical (unpaired) electrons. The molecule has 4 aromatic rings. The summed E-state index contributed by atoms with van der Waals surface area (Å²) < 4.78 is 2.34. The molecular weight excluding hydrogens is 438 g/mol. The average molecular weight is 466 g/mol. The van der Waals surface area contributed by atoms with E-state index in [4.69, 9.17) is 4.99 Å². The molecule has 1 amide bonds. The summed E-state index contributed by atoms with van der Waals surface area (Å²) in [6.07, 6.45) is 2.03. The third kappa shape index (κ3) is 4.19. The lowest BCUT2D eigenvalue weighted by atomic mass is 10.1. The standard InChI is InChI=1S/C29H27N3OS/c1-19-12-14-23(15-13-19)30-29-31(4)28(33)27(34-29)17-25-21(3)32(26-11-6-5-10-24(25)26)18-22-9-7-8-20(2)16-22/h5-17H,18H2,1-4H3/b27-17+,30-29?. The van der Waals surface area contributed by atoms with Crippen molar-refractivity contribution in [3.63, 3.8) is 0 Å². The van der Waals surface area contributed by atoms with Crippen molar-refractivity contribution in [3.8, 4) is 0 Å². The van der Waals surface area contributed by atoms with Crippen LogP contribution in [0.2, 0.25) is 0 Å². The molecule has 34 heavy (non-hydrogen) atoms. The zero-order valence-electron chi connectivity index (χ0n) is 19.9. The molecule has 4 nitrogen and oxygen atoms in total. The molecule has 1 saturated heterocycles.